The van der Waals surface area contributed by atoms with Gasteiger partial charge < -0.3 is 9.26 Å². The van der Waals surface area contributed by atoms with Crippen molar-refractivity contribution >= 4 is 38.6 Å². The van der Waals surface area contributed by atoms with Crippen molar-refractivity contribution in [2.24, 2.45) is 0 Å². The molecule has 0 unspecified atom stereocenters. The van der Waals surface area contributed by atoms with Crippen LogP contribution in [0.1, 0.15) is 11.5 Å². The number of rotatable bonds is 4. The fraction of sp³-hybridized carbons (Fsp3) is 0.0588. The maximum atomic E-state index is 6.28. The van der Waals surface area contributed by atoms with Crippen molar-refractivity contribution in [1.82, 2.24) is 10.1 Å². The summed E-state index contributed by atoms with van der Waals surface area (Å²) in [5.41, 5.74) is 1.73. The van der Waals surface area contributed by atoms with Gasteiger partial charge >= 0.3 is 0 Å². The Morgan fingerprint density at radius 3 is 2.83 bits per heavy atom. The molecule has 0 aliphatic rings. The first-order valence-corrected chi connectivity index (χ1v) is 7.94. The van der Waals surface area contributed by atoms with Crippen molar-refractivity contribution < 1.29 is 9.26 Å². The summed E-state index contributed by atoms with van der Waals surface area (Å²) in [6.07, 6.45) is 1.75. The van der Waals surface area contributed by atoms with Gasteiger partial charge in [-0.2, -0.15) is 4.98 Å². The van der Waals surface area contributed by atoms with E-state index in [1.807, 2.05) is 48.5 Å². The molecule has 0 aliphatic heterocycles. The van der Waals surface area contributed by atoms with E-state index in [1.165, 1.54) is 0 Å². The maximum absolute atomic E-state index is 6.28. The molecule has 0 aliphatic carbocycles. The number of aromatic nitrogens is 2. The Morgan fingerprint density at radius 1 is 1.22 bits per heavy atom. The minimum absolute atomic E-state index is 0.268. The van der Waals surface area contributed by atoms with Crippen LogP contribution in [0, 0.1) is 0 Å². The number of hydrogen-bond donors (Lipinski definition) is 0. The van der Waals surface area contributed by atoms with Crippen LogP contribution in [0.5, 0.6) is 5.75 Å². The number of methoxy groups -OCH3 is 1. The highest BCUT2D eigenvalue weighted by atomic mass is 79.9. The molecule has 0 radical (unpaired) electrons. The van der Waals surface area contributed by atoms with E-state index in [-0.39, 0.29) is 5.89 Å². The van der Waals surface area contributed by atoms with Crippen LogP contribution in [0.25, 0.3) is 22.5 Å². The largest absolute Gasteiger partial charge is 0.497 e. The van der Waals surface area contributed by atoms with Gasteiger partial charge in [0.2, 0.25) is 5.82 Å². The molecular formula is C17H12BrClN2O2. The summed E-state index contributed by atoms with van der Waals surface area (Å²) in [6, 6.07) is 15.2. The summed E-state index contributed by atoms with van der Waals surface area (Å²) >= 11 is 9.70. The third kappa shape index (κ3) is 3.81. The lowest BCUT2D eigenvalue weighted by Crippen LogP contribution is -1.84. The van der Waals surface area contributed by atoms with E-state index in [9.17, 15) is 0 Å². The van der Waals surface area contributed by atoms with Crippen molar-refractivity contribution in [3.05, 3.63) is 64.5 Å². The summed E-state index contributed by atoms with van der Waals surface area (Å²) in [7, 11) is 1.62. The standard InChI is InChI=1S/C17H12BrClN2O2/c1-22-14-7-2-4-11(8-14)9-15(19)17-20-16(21-23-17)12-5-3-6-13(18)10-12/h2-10H,1H3/b15-9-. The zero-order chi connectivity index (χ0) is 16.2. The summed E-state index contributed by atoms with van der Waals surface area (Å²) in [5, 5.41) is 4.33. The lowest BCUT2D eigenvalue weighted by molar-refractivity contribution is 0.410. The molecule has 0 amide bonds. The normalized spacial score (nSPS) is 11.5. The van der Waals surface area contributed by atoms with Crippen molar-refractivity contribution in [2.45, 2.75) is 0 Å². The van der Waals surface area contributed by atoms with Gasteiger partial charge in [-0.05, 0) is 35.9 Å². The monoisotopic (exact) mass is 390 g/mol. The molecule has 0 spiro atoms. The molecule has 0 bridgehead atoms. The highest BCUT2D eigenvalue weighted by Gasteiger charge is 2.11. The molecule has 1 aromatic heterocycles. The first-order chi connectivity index (χ1) is 11.2. The van der Waals surface area contributed by atoms with E-state index in [1.54, 1.807) is 13.2 Å². The Balaban J connectivity index is 1.88. The molecule has 4 nitrogen and oxygen atoms in total. The molecule has 2 aromatic carbocycles. The van der Waals surface area contributed by atoms with Crippen molar-refractivity contribution in [2.75, 3.05) is 7.11 Å². The van der Waals surface area contributed by atoms with E-state index in [4.69, 9.17) is 20.9 Å². The molecule has 6 heteroatoms. The highest BCUT2D eigenvalue weighted by molar-refractivity contribution is 9.10. The SMILES string of the molecule is COc1cccc(/C=C(\Cl)c2nc(-c3cccc(Br)c3)no2)c1. The van der Waals surface area contributed by atoms with Gasteiger partial charge in [0, 0.05) is 10.0 Å². The third-order valence-corrected chi connectivity index (χ3v) is 3.86. The molecule has 0 atom stereocenters. The average molecular weight is 392 g/mol. The van der Waals surface area contributed by atoms with Crippen LogP contribution in [0.3, 0.4) is 0 Å². The lowest BCUT2D eigenvalue weighted by atomic mass is 10.2. The Labute approximate surface area is 146 Å². The number of halogens is 2. The topological polar surface area (TPSA) is 48.2 Å². The second-order valence-electron chi connectivity index (χ2n) is 4.70. The predicted octanol–water partition coefficient (Wildman–Crippen LogP) is 5.24. The van der Waals surface area contributed by atoms with Gasteiger partial charge in [-0.15, -0.1) is 0 Å². The second-order valence-corrected chi connectivity index (χ2v) is 6.03. The molecule has 0 N–H and O–H groups in total. The number of nitrogens with zero attached hydrogens (tertiary/aromatic N) is 2. The van der Waals surface area contributed by atoms with Gasteiger partial charge in [0.15, 0.2) is 0 Å². The van der Waals surface area contributed by atoms with Gasteiger partial charge in [-0.3, -0.25) is 0 Å². The summed E-state index contributed by atoms with van der Waals surface area (Å²) < 4.78 is 11.4. The number of ether oxygens (including phenoxy) is 1. The molecule has 0 fully saturated rings. The molecular weight excluding hydrogens is 380 g/mol. The predicted molar refractivity (Wildman–Crippen MR) is 94.2 cm³/mol. The Hall–Kier alpha value is -2.11. The smallest absolute Gasteiger partial charge is 0.269 e. The van der Waals surface area contributed by atoms with Crippen LogP contribution in [0.2, 0.25) is 0 Å². The third-order valence-electron chi connectivity index (χ3n) is 3.10. The van der Waals surface area contributed by atoms with Gasteiger partial charge in [0.25, 0.3) is 5.89 Å². The van der Waals surface area contributed by atoms with E-state index >= 15 is 0 Å². The van der Waals surface area contributed by atoms with Crippen LogP contribution < -0.4 is 4.74 Å². The highest BCUT2D eigenvalue weighted by Crippen LogP contribution is 2.26. The van der Waals surface area contributed by atoms with Crippen LogP contribution in [-0.2, 0) is 0 Å². The number of benzene rings is 2. The molecule has 116 valence electrons. The first kappa shape index (κ1) is 15.8. The summed E-state index contributed by atoms with van der Waals surface area (Å²) in [6.45, 7) is 0. The Kier molecular flexibility index (Phi) is 4.79. The van der Waals surface area contributed by atoms with Gasteiger partial charge in [-0.1, -0.05) is 57.0 Å². The van der Waals surface area contributed by atoms with E-state index in [0.717, 1.165) is 21.3 Å². The molecule has 3 aromatic rings. The van der Waals surface area contributed by atoms with Crippen molar-refractivity contribution in [1.29, 1.82) is 0 Å². The van der Waals surface area contributed by atoms with Crippen LogP contribution in [0.15, 0.2) is 57.5 Å². The summed E-state index contributed by atoms with van der Waals surface area (Å²) in [4.78, 5) is 4.33. The van der Waals surface area contributed by atoms with E-state index < -0.39 is 0 Å². The second kappa shape index (κ2) is 6.98. The zero-order valence-corrected chi connectivity index (χ0v) is 14.5. The molecule has 3 rings (SSSR count). The van der Waals surface area contributed by atoms with Gasteiger partial charge in [-0.25, -0.2) is 0 Å². The van der Waals surface area contributed by atoms with Crippen LogP contribution in [-0.4, -0.2) is 17.3 Å². The fourth-order valence-corrected chi connectivity index (χ4v) is 2.61. The van der Waals surface area contributed by atoms with Gasteiger partial charge in [0.05, 0.1) is 7.11 Å². The Bertz CT molecular complexity index is 861. The minimum Gasteiger partial charge on any atom is -0.497 e. The van der Waals surface area contributed by atoms with Crippen molar-refractivity contribution in [3.8, 4) is 17.1 Å². The van der Waals surface area contributed by atoms with E-state index in [0.29, 0.717) is 10.9 Å². The van der Waals surface area contributed by atoms with Gasteiger partial charge in [0.1, 0.15) is 10.8 Å². The quantitative estimate of drug-likeness (QED) is 0.610. The van der Waals surface area contributed by atoms with E-state index in [2.05, 4.69) is 26.1 Å². The molecule has 0 saturated carbocycles. The average Bonchev–Trinajstić information content (AvgIpc) is 3.05. The lowest BCUT2D eigenvalue weighted by Gasteiger charge is -2.00. The number of hydrogen-bond acceptors (Lipinski definition) is 4. The maximum Gasteiger partial charge on any atom is 0.269 e. The fourth-order valence-electron chi connectivity index (χ4n) is 2.00. The molecule has 0 saturated heterocycles. The van der Waals surface area contributed by atoms with Crippen LogP contribution in [0.4, 0.5) is 0 Å². The first-order valence-electron chi connectivity index (χ1n) is 6.77. The Morgan fingerprint density at radius 2 is 2.04 bits per heavy atom. The molecule has 1 heterocycles. The van der Waals surface area contributed by atoms with Crippen LogP contribution >= 0.6 is 27.5 Å². The zero-order valence-electron chi connectivity index (χ0n) is 12.2. The minimum atomic E-state index is 0.268. The van der Waals surface area contributed by atoms with Crippen molar-refractivity contribution in [3.63, 3.8) is 0 Å². The summed E-state index contributed by atoms with van der Waals surface area (Å²) in [5.74, 6) is 1.51. The molecule has 23 heavy (non-hydrogen) atoms.